The van der Waals surface area contributed by atoms with Gasteiger partial charge in [-0.2, -0.15) is 4.99 Å². The first-order valence-corrected chi connectivity index (χ1v) is 14.7. The average Bonchev–Trinajstić information content (AvgIpc) is 3.26. The maximum absolute atomic E-state index is 13.6. The van der Waals surface area contributed by atoms with E-state index in [-0.39, 0.29) is 36.4 Å². The molecule has 1 aliphatic carbocycles. The lowest BCUT2D eigenvalue weighted by Crippen LogP contribution is -2.19. The number of anilines is 1. The minimum absolute atomic E-state index is 0.0161. The summed E-state index contributed by atoms with van der Waals surface area (Å²) in [5.41, 5.74) is 2.16. The molecule has 0 fully saturated rings. The molecule has 7 nitrogen and oxygen atoms in total. The van der Waals surface area contributed by atoms with Crippen LogP contribution in [0.4, 0.5) is 9.39 Å². The molecule has 1 aliphatic rings. The number of aromatic nitrogens is 1. The second kappa shape index (κ2) is 12.5. The van der Waals surface area contributed by atoms with Gasteiger partial charge in [-0.1, -0.05) is 23.7 Å². The van der Waals surface area contributed by atoms with Gasteiger partial charge in [0.25, 0.3) is 5.91 Å². The molecule has 0 unspecified atom stereocenters. The van der Waals surface area contributed by atoms with Crippen LogP contribution in [0.2, 0.25) is 0 Å². The molecular weight excluding hydrogens is 534 g/mol. The normalized spacial score (nSPS) is 13.6. The van der Waals surface area contributed by atoms with Crippen LogP contribution in [-0.2, 0) is 33.7 Å². The van der Waals surface area contributed by atoms with Crippen molar-refractivity contribution in [2.45, 2.75) is 45.6 Å². The molecular formula is C26H26FN3O4S3. The smallest absolute Gasteiger partial charge is 0.341 e. The first-order chi connectivity index (χ1) is 17.9. The van der Waals surface area contributed by atoms with Crippen molar-refractivity contribution in [1.29, 1.82) is 0 Å². The van der Waals surface area contributed by atoms with Gasteiger partial charge in [0.2, 0.25) is 5.91 Å². The van der Waals surface area contributed by atoms with Crippen molar-refractivity contribution < 1.29 is 23.5 Å². The Labute approximate surface area is 226 Å². The molecule has 3 aromatic rings. The largest absolute Gasteiger partial charge is 0.462 e. The third kappa shape index (κ3) is 6.50. The molecule has 0 atom stereocenters. The molecule has 2 heterocycles. The molecule has 2 amide bonds. The van der Waals surface area contributed by atoms with Crippen LogP contribution in [0, 0.1) is 18.2 Å². The number of fused-ring (bicyclic) bond motifs is 2. The summed E-state index contributed by atoms with van der Waals surface area (Å²) in [6.45, 7) is 2.21. The van der Waals surface area contributed by atoms with Gasteiger partial charge in [-0.25, -0.2) is 9.18 Å². The molecule has 0 saturated heterocycles. The van der Waals surface area contributed by atoms with Gasteiger partial charge < -0.3 is 14.6 Å². The monoisotopic (exact) mass is 559 g/mol. The zero-order valence-electron chi connectivity index (χ0n) is 20.3. The molecule has 2 aromatic heterocycles. The third-order valence-electron chi connectivity index (χ3n) is 5.73. The number of halogens is 1. The number of nitrogens with one attached hydrogen (secondary N) is 1. The van der Waals surface area contributed by atoms with E-state index in [0.29, 0.717) is 25.6 Å². The van der Waals surface area contributed by atoms with E-state index in [0.717, 1.165) is 54.3 Å². The van der Waals surface area contributed by atoms with Crippen LogP contribution >= 0.6 is 34.4 Å². The minimum Gasteiger partial charge on any atom is -0.462 e. The first-order valence-electron chi connectivity index (χ1n) is 11.9. The van der Waals surface area contributed by atoms with Crippen LogP contribution in [0.25, 0.3) is 10.2 Å². The maximum Gasteiger partial charge on any atom is 0.341 e. The van der Waals surface area contributed by atoms with Gasteiger partial charge in [0.1, 0.15) is 10.8 Å². The SMILES string of the molecule is C#CCn1c(=NC(=O)CSCC(=O)Nc2sc3c(c2C(=O)OCC)CCCCC3)sc2cc(F)ccc21. The van der Waals surface area contributed by atoms with Gasteiger partial charge in [0.15, 0.2) is 4.80 Å². The number of carbonyl (C=O) groups excluding carboxylic acids is 3. The van der Waals surface area contributed by atoms with E-state index in [4.69, 9.17) is 11.2 Å². The van der Waals surface area contributed by atoms with Gasteiger partial charge in [0.05, 0.1) is 40.4 Å². The highest BCUT2D eigenvalue weighted by atomic mass is 32.2. The standard InChI is InChI=1S/C26H26FN3O4S3/c1-3-12-30-18-11-10-16(27)13-20(18)37-26(30)29-22(32)15-35-14-21(31)28-24-23(25(33)34-4-2)17-8-6-5-7-9-19(17)36-24/h1,10-11,13H,4-9,12,14-15H2,2H3,(H,28,31). The fourth-order valence-corrected chi connectivity index (χ4v) is 7.12. The Balaban J connectivity index is 1.42. The molecule has 0 radical (unpaired) electrons. The van der Waals surface area contributed by atoms with Crippen molar-refractivity contribution in [3.8, 4) is 12.3 Å². The van der Waals surface area contributed by atoms with Crippen molar-refractivity contribution in [1.82, 2.24) is 4.57 Å². The number of terminal acetylenes is 1. The third-order valence-corrected chi connectivity index (χ3v) is 8.89. The topological polar surface area (TPSA) is 89.8 Å². The highest BCUT2D eigenvalue weighted by Crippen LogP contribution is 2.38. The summed E-state index contributed by atoms with van der Waals surface area (Å²) in [7, 11) is 0. The van der Waals surface area contributed by atoms with Crippen LogP contribution in [0.5, 0.6) is 0 Å². The molecule has 194 valence electrons. The van der Waals surface area contributed by atoms with Crippen molar-refractivity contribution in [3.63, 3.8) is 0 Å². The average molecular weight is 560 g/mol. The zero-order chi connectivity index (χ0) is 26.4. The highest BCUT2D eigenvalue weighted by Gasteiger charge is 2.26. The second-order valence-corrected chi connectivity index (χ2v) is 11.4. The predicted octanol–water partition coefficient (Wildman–Crippen LogP) is 4.78. The molecule has 0 bridgehead atoms. The number of nitrogens with zero attached hydrogens (tertiary/aromatic N) is 2. The van der Waals surface area contributed by atoms with Crippen molar-refractivity contribution in [3.05, 3.63) is 44.8 Å². The van der Waals surface area contributed by atoms with Crippen molar-refractivity contribution >= 4 is 67.4 Å². The summed E-state index contributed by atoms with van der Waals surface area (Å²) in [5.74, 6) is 1.01. The fraction of sp³-hybridized carbons (Fsp3) is 0.385. The van der Waals surface area contributed by atoms with Gasteiger partial charge in [-0.05, 0) is 56.4 Å². The van der Waals surface area contributed by atoms with Crippen LogP contribution in [0.3, 0.4) is 0 Å². The van der Waals surface area contributed by atoms with E-state index in [1.54, 1.807) is 17.6 Å². The fourth-order valence-electron chi connectivity index (χ4n) is 4.16. The van der Waals surface area contributed by atoms with Crippen molar-refractivity contribution in [2.24, 2.45) is 4.99 Å². The molecule has 1 N–H and O–H groups in total. The van der Waals surface area contributed by atoms with E-state index in [9.17, 15) is 18.8 Å². The quantitative estimate of drug-likeness (QED) is 0.244. The van der Waals surface area contributed by atoms with Gasteiger partial charge in [-0.15, -0.1) is 29.5 Å². The van der Waals surface area contributed by atoms with E-state index >= 15 is 0 Å². The summed E-state index contributed by atoms with van der Waals surface area (Å²) in [5, 5.41) is 3.37. The van der Waals surface area contributed by atoms with E-state index in [1.807, 2.05) is 0 Å². The number of ether oxygens (including phenoxy) is 1. The predicted molar refractivity (Wildman–Crippen MR) is 147 cm³/mol. The molecule has 11 heteroatoms. The Morgan fingerprint density at radius 3 is 2.81 bits per heavy atom. The number of hydrogen-bond acceptors (Lipinski definition) is 7. The van der Waals surface area contributed by atoms with Gasteiger partial charge >= 0.3 is 5.97 Å². The second-order valence-electron chi connectivity index (χ2n) is 8.32. The lowest BCUT2D eigenvalue weighted by molar-refractivity contribution is -0.115. The summed E-state index contributed by atoms with van der Waals surface area (Å²) in [6, 6.07) is 4.32. The lowest BCUT2D eigenvalue weighted by Gasteiger charge is -2.08. The number of thioether (sulfide) groups is 1. The number of thiazole rings is 1. The van der Waals surface area contributed by atoms with Gasteiger partial charge in [0, 0.05) is 4.88 Å². The van der Waals surface area contributed by atoms with Crippen LogP contribution in [0.1, 0.15) is 47.0 Å². The number of rotatable bonds is 8. The maximum atomic E-state index is 13.6. The molecule has 0 spiro atoms. The van der Waals surface area contributed by atoms with E-state index in [1.165, 1.54) is 34.8 Å². The van der Waals surface area contributed by atoms with Crippen LogP contribution < -0.4 is 10.1 Å². The Morgan fingerprint density at radius 1 is 1.22 bits per heavy atom. The Kier molecular flexibility index (Phi) is 9.18. The first kappa shape index (κ1) is 27.1. The number of carbonyl (C=O) groups is 3. The lowest BCUT2D eigenvalue weighted by atomic mass is 10.1. The van der Waals surface area contributed by atoms with Crippen LogP contribution in [0.15, 0.2) is 23.2 Å². The number of amides is 2. The number of hydrogen-bond donors (Lipinski definition) is 1. The Bertz CT molecular complexity index is 1450. The number of aryl methyl sites for hydroxylation is 1. The van der Waals surface area contributed by atoms with E-state index in [2.05, 4.69) is 16.2 Å². The highest BCUT2D eigenvalue weighted by molar-refractivity contribution is 8.00. The molecule has 1 aromatic carbocycles. The summed E-state index contributed by atoms with van der Waals surface area (Å²) >= 11 is 3.74. The number of thiophene rings is 1. The summed E-state index contributed by atoms with van der Waals surface area (Å²) in [4.78, 5) is 43.5. The Hall–Kier alpha value is -2.94. The molecule has 37 heavy (non-hydrogen) atoms. The van der Waals surface area contributed by atoms with Crippen LogP contribution in [-0.4, -0.2) is 40.5 Å². The molecule has 0 saturated carbocycles. The number of benzene rings is 1. The van der Waals surface area contributed by atoms with Gasteiger partial charge in [-0.3, -0.25) is 9.59 Å². The Morgan fingerprint density at radius 2 is 2.03 bits per heavy atom. The minimum atomic E-state index is -0.425. The summed E-state index contributed by atoms with van der Waals surface area (Å²) in [6.07, 6.45) is 10.3. The summed E-state index contributed by atoms with van der Waals surface area (Å²) < 4.78 is 21.2. The molecule has 4 rings (SSSR count). The number of esters is 1. The zero-order valence-corrected chi connectivity index (χ0v) is 22.8. The molecule has 0 aliphatic heterocycles. The van der Waals surface area contributed by atoms with E-state index < -0.39 is 11.9 Å². The van der Waals surface area contributed by atoms with Crippen molar-refractivity contribution in [2.75, 3.05) is 23.4 Å².